The number of nitrogens with one attached hydrogen (secondary N) is 2. The molecule has 0 saturated heterocycles. The van der Waals surface area contributed by atoms with Crippen LogP contribution in [-0.2, 0) is 4.79 Å². The highest BCUT2D eigenvalue weighted by Crippen LogP contribution is 2.18. The zero-order chi connectivity index (χ0) is 12.8. The van der Waals surface area contributed by atoms with E-state index in [2.05, 4.69) is 10.6 Å². The molecule has 6 heteroatoms. The van der Waals surface area contributed by atoms with Crippen LogP contribution in [0.1, 0.15) is 27.2 Å². The van der Waals surface area contributed by atoms with Gasteiger partial charge in [-0.2, -0.15) is 13.2 Å². The number of halogens is 3. The monoisotopic (exact) mass is 240 g/mol. The van der Waals surface area contributed by atoms with Crippen molar-refractivity contribution in [2.24, 2.45) is 5.92 Å². The Kier molecular flexibility index (Phi) is 6.40. The smallest absolute Gasteiger partial charge is 0.354 e. The summed E-state index contributed by atoms with van der Waals surface area (Å²) < 4.78 is 35.5. The first-order valence-electron chi connectivity index (χ1n) is 5.30. The molecule has 0 aromatic carbocycles. The molecule has 16 heavy (non-hydrogen) atoms. The van der Waals surface area contributed by atoms with Crippen molar-refractivity contribution in [3.05, 3.63) is 0 Å². The first kappa shape index (κ1) is 15.2. The van der Waals surface area contributed by atoms with Gasteiger partial charge in [0.15, 0.2) is 0 Å². The van der Waals surface area contributed by atoms with Gasteiger partial charge in [0.1, 0.15) is 0 Å². The zero-order valence-electron chi connectivity index (χ0n) is 9.82. The fourth-order valence-corrected chi connectivity index (χ4v) is 0.981. The van der Waals surface area contributed by atoms with E-state index in [0.717, 1.165) is 0 Å². The largest absolute Gasteiger partial charge is 0.390 e. The first-order chi connectivity index (χ1) is 7.22. The fraction of sp³-hybridized carbons (Fsp3) is 0.900. The predicted molar refractivity (Wildman–Crippen MR) is 56.0 cm³/mol. The summed E-state index contributed by atoms with van der Waals surface area (Å²) in [6.45, 7) is 5.74. The van der Waals surface area contributed by atoms with Crippen LogP contribution in [0.25, 0.3) is 0 Å². The first-order valence-corrected chi connectivity index (χ1v) is 5.30. The van der Waals surface area contributed by atoms with E-state index in [-0.39, 0.29) is 12.5 Å². The van der Waals surface area contributed by atoms with Crippen LogP contribution in [-0.4, -0.2) is 31.2 Å². The summed E-state index contributed by atoms with van der Waals surface area (Å²) in [6, 6.07) is -0.596. The van der Waals surface area contributed by atoms with Crippen molar-refractivity contribution in [2.45, 2.75) is 39.4 Å². The molecule has 3 nitrogen and oxygen atoms in total. The van der Waals surface area contributed by atoms with E-state index >= 15 is 0 Å². The van der Waals surface area contributed by atoms with Crippen LogP contribution in [0.15, 0.2) is 0 Å². The number of amides is 1. The van der Waals surface area contributed by atoms with E-state index in [1.807, 2.05) is 13.8 Å². The maximum absolute atomic E-state index is 11.8. The highest BCUT2D eigenvalue weighted by molar-refractivity contribution is 5.81. The molecule has 0 saturated carbocycles. The van der Waals surface area contributed by atoms with Crippen LogP contribution >= 0.6 is 0 Å². The highest BCUT2D eigenvalue weighted by atomic mass is 19.4. The van der Waals surface area contributed by atoms with Crippen molar-refractivity contribution in [3.63, 3.8) is 0 Å². The third-order valence-electron chi connectivity index (χ3n) is 1.94. The molecule has 0 bridgehead atoms. The standard InChI is InChI=1S/C10H19F3N2O/c1-7(2)6-15-9(16)8(3)14-5-4-10(11,12)13/h7-8,14H,4-6H2,1-3H3,(H,15,16). The Morgan fingerprint density at radius 1 is 1.25 bits per heavy atom. The van der Waals surface area contributed by atoms with Crippen molar-refractivity contribution in [1.82, 2.24) is 10.6 Å². The molecular formula is C10H19F3N2O. The Morgan fingerprint density at radius 2 is 1.81 bits per heavy atom. The van der Waals surface area contributed by atoms with E-state index in [1.54, 1.807) is 6.92 Å². The molecule has 96 valence electrons. The molecule has 1 atom stereocenters. The van der Waals surface area contributed by atoms with Gasteiger partial charge in [-0.1, -0.05) is 13.8 Å². The molecule has 0 spiro atoms. The van der Waals surface area contributed by atoms with Crippen LogP contribution in [0.5, 0.6) is 0 Å². The molecule has 1 amide bonds. The molecule has 0 aliphatic carbocycles. The second-order valence-electron chi connectivity index (χ2n) is 4.18. The molecule has 0 radical (unpaired) electrons. The lowest BCUT2D eigenvalue weighted by molar-refractivity contribution is -0.135. The molecule has 0 aliphatic heterocycles. The van der Waals surface area contributed by atoms with E-state index in [9.17, 15) is 18.0 Å². The van der Waals surface area contributed by atoms with Crippen molar-refractivity contribution in [1.29, 1.82) is 0 Å². The van der Waals surface area contributed by atoms with Gasteiger partial charge in [-0.3, -0.25) is 4.79 Å². The molecule has 0 rings (SSSR count). The van der Waals surface area contributed by atoms with Crippen LogP contribution in [0.2, 0.25) is 0 Å². The van der Waals surface area contributed by atoms with Crippen LogP contribution in [0, 0.1) is 5.92 Å². The maximum Gasteiger partial charge on any atom is 0.390 e. The third-order valence-corrected chi connectivity index (χ3v) is 1.94. The number of rotatable bonds is 6. The predicted octanol–water partition coefficient (Wildman–Crippen LogP) is 1.69. The minimum Gasteiger partial charge on any atom is -0.354 e. The zero-order valence-corrected chi connectivity index (χ0v) is 9.82. The minimum absolute atomic E-state index is 0.236. The van der Waals surface area contributed by atoms with Gasteiger partial charge in [0.2, 0.25) is 5.91 Å². The van der Waals surface area contributed by atoms with E-state index in [1.165, 1.54) is 0 Å². The van der Waals surface area contributed by atoms with E-state index in [4.69, 9.17) is 0 Å². The Balaban J connectivity index is 3.71. The van der Waals surface area contributed by atoms with Crippen molar-refractivity contribution in [3.8, 4) is 0 Å². The Hall–Kier alpha value is -0.780. The maximum atomic E-state index is 11.8. The average Bonchev–Trinajstić information content (AvgIpc) is 2.11. The Morgan fingerprint density at radius 3 is 2.25 bits per heavy atom. The summed E-state index contributed by atoms with van der Waals surface area (Å²) >= 11 is 0. The number of hydrogen-bond acceptors (Lipinski definition) is 2. The number of carbonyl (C=O) groups excluding carboxylic acids is 1. The van der Waals surface area contributed by atoms with Gasteiger partial charge >= 0.3 is 6.18 Å². The van der Waals surface area contributed by atoms with Gasteiger partial charge in [-0.15, -0.1) is 0 Å². The topological polar surface area (TPSA) is 41.1 Å². The lowest BCUT2D eigenvalue weighted by Crippen LogP contribution is -2.44. The number of alkyl halides is 3. The summed E-state index contributed by atoms with van der Waals surface area (Å²) in [4.78, 5) is 11.3. The number of hydrogen-bond donors (Lipinski definition) is 2. The Bertz CT molecular complexity index is 217. The van der Waals surface area contributed by atoms with E-state index < -0.39 is 18.6 Å². The van der Waals surface area contributed by atoms with Crippen LogP contribution in [0.3, 0.4) is 0 Å². The lowest BCUT2D eigenvalue weighted by Gasteiger charge is -2.15. The summed E-state index contributed by atoms with van der Waals surface area (Å²) in [5.41, 5.74) is 0. The van der Waals surface area contributed by atoms with Crippen LogP contribution in [0.4, 0.5) is 13.2 Å². The molecule has 0 heterocycles. The molecular weight excluding hydrogens is 221 g/mol. The normalized spacial score (nSPS) is 13.9. The van der Waals surface area contributed by atoms with E-state index in [0.29, 0.717) is 12.5 Å². The average molecular weight is 240 g/mol. The summed E-state index contributed by atoms with van der Waals surface area (Å²) in [6.07, 6.45) is -5.10. The fourth-order valence-electron chi connectivity index (χ4n) is 0.981. The lowest BCUT2D eigenvalue weighted by atomic mass is 10.2. The van der Waals surface area contributed by atoms with Gasteiger partial charge in [-0.05, 0) is 12.8 Å². The number of carbonyl (C=O) groups is 1. The van der Waals surface area contributed by atoms with Crippen molar-refractivity contribution >= 4 is 5.91 Å². The summed E-state index contributed by atoms with van der Waals surface area (Å²) in [5, 5.41) is 5.18. The molecule has 0 aromatic rings. The van der Waals surface area contributed by atoms with Gasteiger partial charge in [0.05, 0.1) is 12.5 Å². The van der Waals surface area contributed by atoms with Gasteiger partial charge in [0.25, 0.3) is 0 Å². The van der Waals surface area contributed by atoms with Crippen molar-refractivity contribution < 1.29 is 18.0 Å². The third kappa shape index (κ3) is 8.52. The SMILES string of the molecule is CC(C)CNC(=O)C(C)NCCC(F)(F)F. The van der Waals surface area contributed by atoms with Gasteiger partial charge < -0.3 is 10.6 Å². The summed E-state index contributed by atoms with van der Waals surface area (Å²) in [7, 11) is 0. The van der Waals surface area contributed by atoms with Gasteiger partial charge in [-0.25, -0.2) is 0 Å². The Labute approximate surface area is 93.8 Å². The summed E-state index contributed by atoms with van der Waals surface area (Å²) in [5.74, 6) is 0.0576. The quantitative estimate of drug-likeness (QED) is 0.741. The second-order valence-corrected chi connectivity index (χ2v) is 4.18. The molecule has 0 aliphatic rings. The molecule has 1 unspecified atom stereocenters. The van der Waals surface area contributed by atoms with Gasteiger partial charge in [0, 0.05) is 13.1 Å². The molecule has 0 fully saturated rings. The highest BCUT2D eigenvalue weighted by Gasteiger charge is 2.26. The van der Waals surface area contributed by atoms with Crippen molar-refractivity contribution in [2.75, 3.05) is 13.1 Å². The van der Waals surface area contributed by atoms with Crippen LogP contribution < -0.4 is 10.6 Å². The second kappa shape index (κ2) is 6.73. The molecule has 2 N–H and O–H groups in total. The molecule has 0 aromatic heterocycles. The minimum atomic E-state index is -4.18.